The molecule has 0 aliphatic carbocycles. The third-order valence-electron chi connectivity index (χ3n) is 2.88. The first kappa shape index (κ1) is 11.1. The van der Waals surface area contributed by atoms with Crippen molar-refractivity contribution in [2.45, 2.75) is 51.6 Å². The first-order chi connectivity index (χ1) is 6.91. The highest BCUT2D eigenvalue weighted by molar-refractivity contribution is 9.10. The van der Waals surface area contributed by atoms with E-state index in [0.717, 1.165) is 29.8 Å². The zero-order valence-electron chi connectivity index (χ0n) is 9.55. The van der Waals surface area contributed by atoms with Crippen molar-refractivity contribution < 1.29 is 0 Å². The van der Waals surface area contributed by atoms with Gasteiger partial charge in [0.25, 0.3) is 0 Å². The van der Waals surface area contributed by atoms with E-state index in [2.05, 4.69) is 46.3 Å². The molecule has 1 aromatic heterocycles. The predicted molar refractivity (Wildman–Crippen MR) is 64.8 cm³/mol. The summed E-state index contributed by atoms with van der Waals surface area (Å²) in [5, 5.41) is 0. The lowest BCUT2D eigenvalue weighted by atomic mass is 9.95. The summed E-state index contributed by atoms with van der Waals surface area (Å²) in [6, 6.07) is 0.136. The lowest BCUT2D eigenvalue weighted by Gasteiger charge is -2.26. The third kappa shape index (κ3) is 1.85. The summed E-state index contributed by atoms with van der Waals surface area (Å²) in [4.78, 5) is 4.61. The van der Waals surface area contributed by atoms with Crippen LogP contribution in [0.2, 0.25) is 0 Å². The molecule has 0 spiro atoms. The van der Waals surface area contributed by atoms with Crippen LogP contribution in [-0.4, -0.2) is 9.55 Å². The molecule has 0 saturated heterocycles. The molecule has 0 aromatic carbocycles. The Balaban J connectivity index is 2.56. The number of fused-ring (bicyclic) bond motifs is 1. The maximum absolute atomic E-state index is 6.11. The lowest BCUT2D eigenvalue weighted by molar-refractivity contribution is 0.418. The van der Waals surface area contributed by atoms with Gasteiger partial charge in [-0.05, 0) is 28.8 Å². The smallest absolute Gasteiger partial charge is 0.129 e. The van der Waals surface area contributed by atoms with E-state index in [9.17, 15) is 0 Å². The number of rotatable bonds is 0. The van der Waals surface area contributed by atoms with E-state index in [1.165, 1.54) is 5.69 Å². The lowest BCUT2D eigenvalue weighted by Crippen LogP contribution is -2.26. The summed E-state index contributed by atoms with van der Waals surface area (Å²) in [5.74, 6) is 1.14. The van der Waals surface area contributed by atoms with Gasteiger partial charge in [0.05, 0.1) is 5.69 Å². The summed E-state index contributed by atoms with van der Waals surface area (Å²) in [7, 11) is 0. The topological polar surface area (TPSA) is 43.8 Å². The number of imidazole rings is 1. The van der Waals surface area contributed by atoms with Crippen molar-refractivity contribution in [2.24, 2.45) is 5.73 Å². The highest BCUT2D eigenvalue weighted by atomic mass is 79.9. The molecule has 0 amide bonds. The van der Waals surface area contributed by atoms with Gasteiger partial charge in [0.2, 0.25) is 0 Å². The van der Waals surface area contributed by atoms with Crippen LogP contribution in [0.1, 0.15) is 51.2 Å². The van der Waals surface area contributed by atoms with Gasteiger partial charge in [-0.1, -0.05) is 20.8 Å². The molecule has 0 bridgehead atoms. The minimum Gasteiger partial charge on any atom is -0.329 e. The van der Waals surface area contributed by atoms with Gasteiger partial charge in [0, 0.05) is 18.0 Å². The fraction of sp³-hybridized carbons (Fsp3) is 0.727. The fourth-order valence-electron chi connectivity index (χ4n) is 2.19. The average molecular weight is 272 g/mol. The second kappa shape index (κ2) is 3.59. The molecule has 0 radical (unpaired) electrons. The van der Waals surface area contributed by atoms with Crippen LogP contribution in [0.5, 0.6) is 0 Å². The van der Waals surface area contributed by atoms with Crippen LogP contribution < -0.4 is 5.73 Å². The Morgan fingerprint density at radius 1 is 1.47 bits per heavy atom. The minimum absolute atomic E-state index is 0.0812. The Morgan fingerprint density at radius 3 is 2.73 bits per heavy atom. The summed E-state index contributed by atoms with van der Waals surface area (Å²) in [6.45, 7) is 7.62. The van der Waals surface area contributed by atoms with Crippen LogP contribution in [0, 0.1) is 0 Å². The van der Waals surface area contributed by atoms with Gasteiger partial charge in [-0.25, -0.2) is 4.98 Å². The molecule has 2 N–H and O–H groups in total. The molecule has 1 aromatic rings. The van der Waals surface area contributed by atoms with E-state index < -0.39 is 0 Å². The maximum atomic E-state index is 6.11. The van der Waals surface area contributed by atoms with Crippen LogP contribution in [0.3, 0.4) is 0 Å². The van der Waals surface area contributed by atoms with Crippen molar-refractivity contribution in [3.05, 3.63) is 16.1 Å². The minimum atomic E-state index is 0.0812. The fourth-order valence-corrected chi connectivity index (χ4v) is 2.87. The highest BCUT2D eigenvalue weighted by Crippen LogP contribution is 2.34. The van der Waals surface area contributed by atoms with Crippen molar-refractivity contribution in [3.8, 4) is 0 Å². The first-order valence-corrected chi connectivity index (χ1v) is 6.22. The number of nitrogens with two attached hydrogens (primary N) is 1. The van der Waals surface area contributed by atoms with Crippen molar-refractivity contribution in [1.82, 2.24) is 9.55 Å². The molecule has 1 aliphatic heterocycles. The summed E-state index contributed by atoms with van der Waals surface area (Å²) in [5.41, 5.74) is 7.37. The number of nitrogens with zero attached hydrogens (tertiary/aromatic N) is 2. The Kier molecular flexibility index (Phi) is 2.67. The monoisotopic (exact) mass is 271 g/mol. The van der Waals surface area contributed by atoms with Crippen LogP contribution in [0.4, 0.5) is 0 Å². The Hall–Kier alpha value is -0.350. The summed E-state index contributed by atoms with van der Waals surface area (Å²) < 4.78 is 3.22. The zero-order valence-corrected chi connectivity index (χ0v) is 11.1. The zero-order chi connectivity index (χ0) is 11.2. The van der Waals surface area contributed by atoms with Gasteiger partial charge in [0.15, 0.2) is 0 Å². The largest absolute Gasteiger partial charge is 0.329 e. The molecule has 3 nitrogen and oxygen atoms in total. The number of halogens is 1. The van der Waals surface area contributed by atoms with Crippen molar-refractivity contribution >= 4 is 15.9 Å². The Labute approximate surface area is 99.2 Å². The molecule has 84 valence electrons. The molecule has 1 aliphatic rings. The molecular formula is C11H18BrN3. The molecule has 4 heteroatoms. The SMILES string of the molecule is CC(C)(C)c1nc(Br)c2n1CCCC2N. The predicted octanol–water partition coefficient (Wildman–Crippen LogP) is 2.74. The molecule has 15 heavy (non-hydrogen) atoms. The van der Waals surface area contributed by atoms with Crippen LogP contribution in [-0.2, 0) is 12.0 Å². The Morgan fingerprint density at radius 2 is 2.13 bits per heavy atom. The molecule has 0 saturated carbocycles. The number of hydrogen-bond acceptors (Lipinski definition) is 2. The number of hydrogen-bond donors (Lipinski definition) is 1. The molecule has 1 atom stereocenters. The van der Waals surface area contributed by atoms with Crippen LogP contribution in [0.15, 0.2) is 4.60 Å². The van der Waals surface area contributed by atoms with Crippen molar-refractivity contribution in [3.63, 3.8) is 0 Å². The number of aromatic nitrogens is 2. The Bertz CT molecular complexity index is 376. The van der Waals surface area contributed by atoms with Crippen LogP contribution >= 0.6 is 15.9 Å². The van der Waals surface area contributed by atoms with E-state index in [0.29, 0.717) is 0 Å². The van der Waals surface area contributed by atoms with Crippen LogP contribution in [0.25, 0.3) is 0 Å². The van der Waals surface area contributed by atoms with Gasteiger partial charge in [-0.15, -0.1) is 0 Å². The van der Waals surface area contributed by atoms with E-state index in [-0.39, 0.29) is 11.5 Å². The summed E-state index contributed by atoms with van der Waals surface area (Å²) >= 11 is 3.52. The second-order valence-electron chi connectivity index (χ2n) is 5.26. The first-order valence-electron chi connectivity index (χ1n) is 5.43. The molecular weight excluding hydrogens is 254 g/mol. The molecule has 0 fully saturated rings. The summed E-state index contributed by atoms with van der Waals surface area (Å²) in [6.07, 6.45) is 2.22. The normalized spacial score (nSPS) is 21.5. The second-order valence-corrected chi connectivity index (χ2v) is 6.01. The average Bonchev–Trinajstić information content (AvgIpc) is 2.44. The van der Waals surface area contributed by atoms with Gasteiger partial charge >= 0.3 is 0 Å². The van der Waals surface area contributed by atoms with Gasteiger partial charge < -0.3 is 10.3 Å². The quantitative estimate of drug-likeness (QED) is 0.789. The van der Waals surface area contributed by atoms with Gasteiger partial charge in [-0.2, -0.15) is 0 Å². The highest BCUT2D eigenvalue weighted by Gasteiger charge is 2.29. The van der Waals surface area contributed by atoms with Gasteiger partial charge in [0.1, 0.15) is 10.4 Å². The molecule has 1 unspecified atom stereocenters. The molecule has 2 heterocycles. The van der Waals surface area contributed by atoms with Crippen molar-refractivity contribution in [2.75, 3.05) is 0 Å². The van der Waals surface area contributed by atoms with E-state index in [1.54, 1.807) is 0 Å². The maximum Gasteiger partial charge on any atom is 0.129 e. The van der Waals surface area contributed by atoms with E-state index in [1.807, 2.05) is 0 Å². The molecule has 2 rings (SSSR count). The van der Waals surface area contributed by atoms with E-state index in [4.69, 9.17) is 5.73 Å². The van der Waals surface area contributed by atoms with Crippen molar-refractivity contribution in [1.29, 1.82) is 0 Å². The van der Waals surface area contributed by atoms with Gasteiger partial charge in [-0.3, -0.25) is 0 Å². The third-order valence-corrected chi connectivity index (χ3v) is 3.46. The van der Waals surface area contributed by atoms with E-state index >= 15 is 0 Å². The standard InChI is InChI=1S/C11H18BrN3/c1-11(2,3)10-14-9(12)8-7(13)5-4-6-15(8)10/h7H,4-6,13H2,1-3H3.